The van der Waals surface area contributed by atoms with Gasteiger partial charge >= 0.3 is 0 Å². The molecule has 2 unspecified atom stereocenters. The van der Waals surface area contributed by atoms with Gasteiger partial charge in [-0.15, -0.1) is 0 Å². The second-order valence-corrected chi connectivity index (χ2v) is 4.04. The molecule has 2 rings (SSSR count). The van der Waals surface area contributed by atoms with Crippen molar-refractivity contribution in [3.05, 3.63) is 29.3 Å². The third-order valence-electron chi connectivity index (χ3n) is 2.89. The van der Waals surface area contributed by atoms with E-state index in [0.717, 1.165) is 12.1 Å². The maximum atomic E-state index is 5.87. The van der Waals surface area contributed by atoms with Crippen molar-refractivity contribution < 1.29 is 0 Å². The summed E-state index contributed by atoms with van der Waals surface area (Å²) in [6.07, 6.45) is 1.12. The lowest BCUT2D eigenvalue weighted by Gasteiger charge is -2.14. The van der Waals surface area contributed by atoms with E-state index < -0.39 is 0 Å². The van der Waals surface area contributed by atoms with Crippen LogP contribution in [0.25, 0.3) is 0 Å². The standard InChI is InChI=1S/C11H17N3/c1-7-6-11(14-13-7)9-4-3-5-10(12)8(9)2/h3-5,7,11,13-14H,6,12H2,1-2H3. The Morgan fingerprint density at radius 2 is 2.14 bits per heavy atom. The molecule has 0 amide bonds. The predicted octanol–water partition coefficient (Wildman–Crippen LogP) is 1.50. The van der Waals surface area contributed by atoms with Crippen LogP contribution in [0.15, 0.2) is 18.2 Å². The van der Waals surface area contributed by atoms with Crippen molar-refractivity contribution in [2.75, 3.05) is 5.73 Å². The monoisotopic (exact) mass is 191 g/mol. The molecule has 0 spiro atoms. The van der Waals surface area contributed by atoms with E-state index in [1.54, 1.807) is 0 Å². The highest BCUT2D eigenvalue weighted by molar-refractivity contribution is 5.51. The van der Waals surface area contributed by atoms with Crippen LogP contribution >= 0.6 is 0 Å². The van der Waals surface area contributed by atoms with Crippen molar-refractivity contribution in [3.63, 3.8) is 0 Å². The van der Waals surface area contributed by atoms with Gasteiger partial charge in [0.05, 0.1) is 0 Å². The van der Waals surface area contributed by atoms with Crippen LogP contribution in [-0.4, -0.2) is 6.04 Å². The van der Waals surface area contributed by atoms with E-state index in [0.29, 0.717) is 12.1 Å². The maximum absolute atomic E-state index is 5.87. The Balaban J connectivity index is 2.28. The molecule has 3 nitrogen and oxygen atoms in total. The Labute approximate surface area is 84.7 Å². The van der Waals surface area contributed by atoms with Crippen molar-refractivity contribution in [1.82, 2.24) is 10.9 Å². The summed E-state index contributed by atoms with van der Waals surface area (Å²) >= 11 is 0. The van der Waals surface area contributed by atoms with Gasteiger partial charge in [-0.3, -0.25) is 10.9 Å². The van der Waals surface area contributed by atoms with Crippen molar-refractivity contribution >= 4 is 5.69 Å². The second-order valence-electron chi connectivity index (χ2n) is 4.04. The minimum Gasteiger partial charge on any atom is -0.399 e. The summed E-state index contributed by atoms with van der Waals surface area (Å²) in [6, 6.07) is 7.03. The Morgan fingerprint density at radius 3 is 2.79 bits per heavy atom. The average Bonchev–Trinajstić information content (AvgIpc) is 2.57. The molecule has 1 aromatic rings. The molecule has 4 N–H and O–H groups in total. The number of nitrogens with two attached hydrogens (primary N) is 1. The highest BCUT2D eigenvalue weighted by Gasteiger charge is 2.22. The Bertz CT molecular complexity index is 335. The van der Waals surface area contributed by atoms with Gasteiger partial charge in [0, 0.05) is 17.8 Å². The van der Waals surface area contributed by atoms with Gasteiger partial charge in [0.15, 0.2) is 0 Å². The SMILES string of the molecule is Cc1c(N)cccc1C1CC(C)NN1. The first-order valence-electron chi connectivity index (χ1n) is 5.04. The summed E-state index contributed by atoms with van der Waals surface area (Å²) in [7, 11) is 0. The summed E-state index contributed by atoms with van der Waals surface area (Å²) in [5.74, 6) is 0. The van der Waals surface area contributed by atoms with Gasteiger partial charge in [0.1, 0.15) is 0 Å². The zero-order valence-electron chi connectivity index (χ0n) is 8.67. The topological polar surface area (TPSA) is 50.1 Å². The van der Waals surface area contributed by atoms with Gasteiger partial charge in [0.25, 0.3) is 0 Å². The summed E-state index contributed by atoms with van der Waals surface area (Å²) in [6.45, 7) is 4.25. The van der Waals surface area contributed by atoms with Crippen LogP contribution in [0.2, 0.25) is 0 Å². The van der Waals surface area contributed by atoms with Crippen molar-refractivity contribution in [2.24, 2.45) is 0 Å². The Morgan fingerprint density at radius 1 is 1.36 bits per heavy atom. The number of hydrazine groups is 1. The summed E-state index contributed by atoms with van der Waals surface area (Å²) in [4.78, 5) is 0. The van der Waals surface area contributed by atoms with Gasteiger partial charge in [-0.05, 0) is 37.5 Å². The molecule has 1 saturated heterocycles. The fraction of sp³-hybridized carbons (Fsp3) is 0.455. The van der Waals surface area contributed by atoms with Crippen LogP contribution in [0.4, 0.5) is 5.69 Å². The normalized spacial score (nSPS) is 26.7. The number of hydrogen-bond acceptors (Lipinski definition) is 3. The average molecular weight is 191 g/mol. The lowest BCUT2D eigenvalue weighted by atomic mass is 9.97. The first-order valence-corrected chi connectivity index (χ1v) is 5.04. The molecule has 0 radical (unpaired) electrons. The third-order valence-corrected chi connectivity index (χ3v) is 2.89. The minimum atomic E-state index is 0.397. The van der Waals surface area contributed by atoms with Crippen LogP contribution in [0.3, 0.4) is 0 Å². The van der Waals surface area contributed by atoms with E-state index in [-0.39, 0.29) is 0 Å². The number of rotatable bonds is 1. The molecule has 0 aromatic heterocycles. The quantitative estimate of drug-likeness (QED) is 0.590. The molecule has 0 aliphatic carbocycles. The van der Waals surface area contributed by atoms with Gasteiger partial charge in [0.2, 0.25) is 0 Å². The molecule has 1 aliphatic rings. The van der Waals surface area contributed by atoms with Gasteiger partial charge in [-0.1, -0.05) is 12.1 Å². The largest absolute Gasteiger partial charge is 0.399 e. The second kappa shape index (κ2) is 3.59. The lowest BCUT2D eigenvalue weighted by Crippen LogP contribution is -2.29. The zero-order valence-corrected chi connectivity index (χ0v) is 8.67. The first kappa shape index (κ1) is 9.49. The lowest BCUT2D eigenvalue weighted by molar-refractivity contribution is 0.559. The number of anilines is 1. The van der Waals surface area contributed by atoms with Crippen LogP contribution in [-0.2, 0) is 0 Å². The molecular weight excluding hydrogens is 174 g/mol. The zero-order chi connectivity index (χ0) is 10.1. The Hall–Kier alpha value is -1.06. The number of benzene rings is 1. The molecule has 3 heteroatoms. The Kier molecular flexibility index (Phi) is 2.44. The van der Waals surface area contributed by atoms with Crippen LogP contribution in [0.1, 0.15) is 30.5 Å². The molecule has 0 saturated carbocycles. The van der Waals surface area contributed by atoms with Crippen LogP contribution in [0, 0.1) is 6.92 Å². The van der Waals surface area contributed by atoms with Gasteiger partial charge in [-0.2, -0.15) is 0 Å². The summed E-state index contributed by atoms with van der Waals surface area (Å²) < 4.78 is 0. The fourth-order valence-corrected chi connectivity index (χ4v) is 1.97. The van der Waals surface area contributed by atoms with Crippen LogP contribution < -0.4 is 16.6 Å². The van der Waals surface area contributed by atoms with E-state index in [1.165, 1.54) is 11.1 Å². The van der Waals surface area contributed by atoms with E-state index in [9.17, 15) is 0 Å². The molecule has 1 fully saturated rings. The highest BCUT2D eigenvalue weighted by atomic mass is 15.4. The van der Waals surface area contributed by atoms with E-state index in [4.69, 9.17) is 5.73 Å². The molecule has 14 heavy (non-hydrogen) atoms. The van der Waals surface area contributed by atoms with Crippen molar-refractivity contribution in [3.8, 4) is 0 Å². The number of nitrogens with one attached hydrogen (secondary N) is 2. The number of hydrogen-bond donors (Lipinski definition) is 3. The molecule has 1 heterocycles. The number of nitrogen functional groups attached to an aromatic ring is 1. The summed E-state index contributed by atoms with van der Waals surface area (Å²) in [5.41, 5.74) is 15.8. The van der Waals surface area contributed by atoms with Crippen molar-refractivity contribution in [2.45, 2.75) is 32.4 Å². The fourth-order valence-electron chi connectivity index (χ4n) is 1.97. The molecular formula is C11H17N3. The molecule has 1 aliphatic heterocycles. The van der Waals surface area contributed by atoms with Gasteiger partial charge < -0.3 is 5.73 Å². The molecule has 2 atom stereocenters. The molecule has 0 bridgehead atoms. The third kappa shape index (κ3) is 1.61. The predicted molar refractivity (Wildman–Crippen MR) is 58.7 cm³/mol. The highest BCUT2D eigenvalue weighted by Crippen LogP contribution is 2.27. The van der Waals surface area contributed by atoms with E-state index in [2.05, 4.69) is 30.8 Å². The first-order chi connectivity index (χ1) is 6.68. The van der Waals surface area contributed by atoms with Gasteiger partial charge in [-0.25, -0.2) is 0 Å². The smallest absolute Gasteiger partial charge is 0.0481 e. The van der Waals surface area contributed by atoms with Crippen molar-refractivity contribution in [1.29, 1.82) is 0 Å². The summed E-state index contributed by atoms with van der Waals surface area (Å²) in [5, 5.41) is 0. The van der Waals surface area contributed by atoms with E-state index >= 15 is 0 Å². The van der Waals surface area contributed by atoms with Crippen LogP contribution in [0.5, 0.6) is 0 Å². The molecule has 1 aromatic carbocycles. The minimum absolute atomic E-state index is 0.397. The molecule has 76 valence electrons. The maximum Gasteiger partial charge on any atom is 0.0481 e. The van der Waals surface area contributed by atoms with E-state index in [1.807, 2.05) is 12.1 Å².